The van der Waals surface area contributed by atoms with Crippen molar-refractivity contribution in [2.24, 2.45) is 0 Å². The van der Waals surface area contributed by atoms with E-state index in [1.165, 1.54) is 17.4 Å². The number of benzene rings is 2. The second-order valence-electron chi connectivity index (χ2n) is 8.72. The average molecular weight is 598 g/mol. The number of carbonyl (C=O) groups is 1. The number of aromatic nitrogens is 2. The first-order valence-electron chi connectivity index (χ1n) is 11.7. The zero-order chi connectivity index (χ0) is 26.2. The molecular formula is C25H26Cl2N4O5S2. The third-order valence-corrected chi connectivity index (χ3v) is 8.70. The molecule has 1 aliphatic rings. The smallest absolute Gasteiger partial charge is 0.266 e. The molecule has 13 heteroatoms. The molecule has 3 heterocycles. The lowest BCUT2D eigenvalue weighted by molar-refractivity contribution is 0.0391. The summed E-state index contributed by atoms with van der Waals surface area (Å²) in [6, 6.07) is 12.1. The molecule has 1 aliphatic heterocycles. The molecule has 9 nitrogen and oxygen atoms in total. The second kappa shape index (κ2) is 11.7. The third kappa shape index (κ3) is 5.73. The lowest BCUT2D eigenvalue weighted by Crippen LogP contribution is -2.43. The highest BCUT2D eigenvalue weighted by atomic mass is 35.5. The van der Waals surface area contributed by atoms with Crippen molar-refractivity contribution in [1.82, 2.24) is 15.0 Å². The third-order valence-electron chi connectivity index (χ3n) is 6.20. The molecule has 5 rings (SSSR count). The summed E-state index contributed by atoms with van der Waals surface area (Å²) in [6.07, 6.45) is 1.15. The molecule has 1 amide bonds. The molecule has 0 saturated carbocycles. The molecule has 4 aromatic rings. The van der Waals surface area contributed by atoms with Crippen LogP contribution in [-0.4, -0.2) is 75.0 Å². The monoisotopic (exact) mass is 596 g/mol. The van der Waals surface area contributed by atoms with E-state index in [9.17, 15) is 13.2 Å². The summed E-state index contributed by atoms with van der Waals surface area (Å²) < 4.78 is 36.4. The molecule has 0 atom stereocenters. The van der Waals surface area contributed by atoms with Gasteiger partial charge in [0.25, 0.3) is 5.91 Å². The number of hydrogen-bond acceptors (Lipinski definition) is 9. The van der Waals surface area contributed by atoms with Crippen molar-refractivity contribution in [3.05, 3.63) is 58.8 Å². The Morgan fingerprint density at radius 3 is 2.61 bits per heavy atom. The molecule has 0 aliphatic carbocycles. The number of sulfone groups is 1. The predicted molar refractivity (Wildman–Crippen MR) is 151 cm³/mol. The quantitative estimate of drug-likeness (QED) is 0.302. The van der Waals surface area contributed by atoms with Crippen LogP contribution in [0.15, 0.2) is 51.9 Å². The summed E-state index contributed by atoms with van der Waals surface area (Å²) in [5.74, 6) is 0.0103. The highest BCUT2D eigenvalue weighted by Crippen LogP contribution is 2.36. The Labute approximate surface area is 235 Å². The minimum absolute atomic E-state index is 0. The lowest BCUT2D eigenvalue weighted by atomic mass is 10.1. The fourth-order valence-electron chi connectivity index (χ4n) is 4.27. The SMILES string of the molecule is Cc1onc(-c2ccccc2Cl)c1C(=O)N(CCN1CCOCC1)c1nc2c(S(C)(=O)=O)cccc2s1.Cl. The van der Waals surface area contributed by atoms with Crippen molar-refractivity contribution in [2.75, 3.05) is 50.5 Å². The van der Waals surface area contributed by atoms with Gasteiger partial charge in [-0.05, 0) is 25.1 Å². The maximum atomic E-state index is 14.2. The molecule has 0 bridgehead atoms. The number of fused-ring (bicyclic) bond motifs is 1. The second-order valence-corrected chi connectivity index (χ2v) is 12.1. The van der Waals surface area contributed by atoms with Crippen LogP contribution in [0.25, 0.3) is 21.5 Å². The van der Waals surface area contributed by atoms with Gasteiger partial charge in [-0.3, -0.25) is 14.6 Å². The number of ether oxygens (including phenoxy) is 1. The van der Waals surface area contributed by atoms with Crippen molar-refractivity contribution in [1.29, 1.82) is 0 Å². The van der Waals surface area contributed by atoms with E-state index in [0.29, 0.717) is 63.7 Å². The number of amides is 1. The van der Waals surface area contributed by atoms with Gasteiger partial charge in [0.1, 0.15) is 22.5 Å². The Balaban J connectivity index is 0.00000336. The Hall–Kier alpha value is -2.54. The zero-order valence-corrected chi connectivity index (χ0v) is 23.9. The molecule has 0 radical (unpaired) electrons. The van der Waals surface area contributed by atoms with Crippen LogP contribution in [0.3, 0.4) is 0 Å². The van der Waals surface area contributed by atoms with Crippen molar-refractivity contribution >= 4 is 66.4 Å². The van der Waals surface area contributed by atoms with E-state index in [4.69, 9.17) is 20.9 Å². The summed E-state index contributed by atoms with van der Waals surface area (Å²) in [7, 11) is -3.51. The Morgan fingerprint density at radius 1 is 1.16 bits per heavy atom. The molecule has 38 heavy (non-hydrogen) atoms. The van der Waals surface area contributed by atoms with Crippen LogP contribution in [0.1, 0.15) is 16.1 Å². The standard InChI is InChI=1S/C25H25ClN4O5S2.ClH/c1-16-21(22(28-35-16)17-6-3-4-7-18(17)26)24(31)30(11-10-29-12-14-34-15-13-29)25-27-23-19(36-25)8-5-9-20(23)37(2,32)33;/h3-9H,10-15H2,1-2H3;1H. The van der Waals surface area contributed by atoms with Crippen LogP contribution >= 0.6 is 35.3 Å². The number of nitrogens with zero attached hydrogens (tertiary/aromatic N) is 4. The minimum Gasteiger partial charge on any atom is -0.379 e. The molecule has 202 valence electrons. The summed E-state index contributed by atoms with van der Waals surface area (Å²) >= 11 is 7.69. The Morgan fingerprint density at radius 2 is 1.89 bits per heavy atom. The van der Waals surface area contributed by atoms with E-state index in [2.05, 4.69) is 15.0 Å². The number of aryl methyl sites for hydroxylation is 1. The van der Waals surface area contributed by atoms with Crippen molar-refractivity contribution in [3.63, 3.8) is 0 Å². The Kier molecular flexibility index (Phi) is 8.75. The van der Waals surface area contributed by atoms with Crippen LogP contribution < -0.4 is 4.90 Å². The van der Waals surface area contributed by atoms with Gasteiger partial charge in [0, 0.05) is 38.0 Å². The molecule has 2 aromatic heterocycles. The van der Waals surface area contributed by atoms with Crippen molar-refractivity contribution in [2.45, 2.75) is 11.8 Å². The van der Waals surface area contributed by atoms with Gasteiger partial charge in [0.2, 0.25) is 0 Å². The number of morpholine rings is 1. The molecule has 2 aromatic carbocycles. The average Bonchev–Trinajstić information content (AvgIpc) is 3.47. The first kappa shape index (κ1) is 28.5. The number of hydrogen-bond donors (Lipinski definition) is 0. The van der Waals surface area contributed by atoms with Gasteiger partial charge in [-0.1, -0.05) is 52.4 Å². The van der Waals surface area contributed by atoms with Gasteiger partial charge in [0.05, 0.1) is 27.8 Å². The maximum Gasteiger partial charge on any atom is 0.266 e. The molecule has 0 spiro atoms. The molecule has 0 unspecified atom stereocenters. The number of para-hydroxylation sites is 1. The van der Waals surface area contributed by atoms with Crippen LogP contribution in [0.5, 0.6) is 0 Å². The van der Waals surface area contributed by atoms with Gasteiger partial charge in [-0.25, -0.2) is 13.4 Å². The first-order valence-corrected chi connectivity index (χ1v) is 14.8. The fraction of sp³-hybridized carbons (Fsp3) is 0.320. The lowest BCUT2D eigenvalue weighted by Gasteiger charge is -2.29. The maximum absolute atomic E-state index is 14.2. The van der Waals surface area contributed by atoms with Crippen LogP contribution in [0.2, 0.25) is 5.02 Å². The van der Waals surface area contributed by atoms with Crippen molar-refractivity contribution < 1.29 is 22.5 Å². The van der Waals surface area contributed by atoms with Gasteiger partial charge >= 0.3 is 0 Å². The number of thiazole rings is 1. The molecule has 1 saturated heterocycles. The van der Waals surface area contributed by atoms with Gasteiger partial charge in [-0.15, -0.1) is 12.4 Å². The topological polar surface area (TPSA) is 106 Å². The largest absolute Gasteiger partial charge is 0.379 e. The summed E-state index contributed by atoms with van der Waals surface area (Å²) in [6.45, 7) is 5.40. The fourth-order valence-corrected chi connectivity index (χ4v) is 6.41. The Bertz CT molecular complexity index is 1560. The normalized spacial score (nSPS) is 14.4. The number of anilines is 1. The number of rotatable bonds is 7. The predicted octanol–water partition coefficient (Wildman–Crippen LogP) is 4.72. The van der Waals surface area contributed by atoms with E-state index < -0.39 is 9.84 Å². The van der Waals surface area contributed by atoms with Crippen LogP contribution in [0, 0.1) is 6.92 Å². The van der Waals surface area contributed by atoms with E-state index in [-0.39, 0.29) is 28.8 Å². The number of carbonyl (C=O) groups excluding carboxylic acids is 1. The highest BCUT2D eigenvalue weighted by Gasteiger charge is 2.30. The number of halogens is 2. The van der Waals surface area contributed by atoms with Gasteiger partial charge in [-0.2, -0.15) is 0 Å². The van der Waals surface area contributed by atoms with Crippen LogP contribution in [0.4, 0.5) is 5.13 Å². The minimum atomic E-state index is -3.51. The highest BCUT2D eigenvalue weighted by molar-refractivity contribution is 7.91. The summed E-state index contributed by atoms with van der Waals surface area (Å²) in [4.78, 5) is 22.7. The zero-order valence-electron chi connectivity index (χ0n) is 20.7. The van der Waals surface area contributed by atoms with Crippen LogP contribution in [-0.2, 0) is 14.6 Å². The van der Waals surface area contributed by atoms with E-state index >= 15 is 0 Å². The van der Waals surface area contributed by atoms with Crippen molar-refractivity contribution in [3.8, 4) is 11.3 Å². The van der Waals surface area contributed by atoms with E-state index in [1.54, 1.807) is 42.2 Å². The first-order chi connectivity index (χ1) is 17.7. The van der Waals surface area contributed by atoms with E-state index in [1.807, 2.05) is 6.07 Å². The molecule has 1 fully saturated rings. The molecule has 0 N–H and O–H groups in total. The van der Waals surface area contributed by atoms with Gasteiger partial charge < -0.3 is 9.26 Å². The van der Waals surface area contributed by atoms with E-state index in [0.717, 1.165) is 19.3 Å². The van der Waals surface area contributed by atoms with Gasteiger partial charge in [0.15, 0.2) is 15.0 Å². The summed E-state index contributed by atoms with van der Waals surface area (Å²) in [5, 5.41) is 5.00. The summed E-state index contributed by atoms with van der Waals surface area (Å²) in [5.41, 5.74) is 1.57. The molecular weight excluding hydrogens is 571 g/mol.